The standard InChI is InChI=1S/C19H28N4O/c1-14-5-6-17-15(13-23-18(17)12-14)7-9-21-19(20-2)22-10-8-16-4-3-11-24-16/h5-6,12-13,16,23H,3-4,7-11H2,1-2H3,(H2,20,21,22). The fraction of sp³-hybridized carbons (Fsp3) is 0.526. The Bertz CT molecular complexity index is 686. The van der Waals surface area contributed by atoms with Crippen molar-refractivity contribution in [3.63, 3.8) is 0 Å². The second-order valence-corrected chi connectivity index (χ2v) is 6.46. The summed E-state index contributed by atoms with van der Waals surface area (Å²) in [5.41, 5.74) is 3.83. The summed E-state index contributed by atoms with van der Waals surface area (Å²) in [7, 11) is 1.82. The van der Waals surface area contributed by atoms with E-state index in [2.05, 4.69) is 51.9 Å². The van der Waals surface area contributed by atoms with E-state index in [1.165, 1.54) is 34.9 Å². The number of hydrogen-bond acceptors (Lipinski definition) is 2. The molecule has 1 saturated heterocycles. The predicted molar refractivity (Wildman–Crippen MR) is 99.7 cm³/mol. The van der Waals surface area contributed by atoms with Crippen LogP contribution < -0.4 is 10.6 Å². The Balaban J connectivity index is 1.43. The van der Waals surface area contributed by atoms with Gasteiger partial charge in [0.1, 0.15) is 0 Å². The van der Waals surface area contributed by atoms with Crippen LogP contribution >= 0.6 is 0 Å². The van der Waals surface area contributed by atoms with Gasteiger partial charge in [-0.1, -0.05) is 12.1 Å². The van der Waals surface area contributed by atoms with Crippen LogP contribution in [0.4, 0.5) is 0 Å². The van der Waals surface area contributed by atoms with Crippen molar-refractivity contribution < 1.29 is 4.74 Å². The predicted octanol–water partition coefficient (Wildman–Crippen LogP) is 2.75. The van der Waals surface area contributed by atoms with Crippen molar-refractivity contribution in [1.29, 1.82) is 0 Å². The molecule has 5 heteroatoms. The van der Waals surface area contributed by atoms with Crippen molar-refractivity contribution in [3.05, 3.63) is 35.5 Å². The number of aromatic nitrogens is 1. The lowest BCUT2D eigenvalue weighted by Crippen LogP contribution is -2.39. The second kappa shape index (κ2) is 8.20. The molecule has 1 aliphatic heterocycles. The maximum absolute atomic E-state index is 5.64. The molecule has 0 aliphatic carbocycles. The van der Waals surface area contributed by atoms with E-state index in [0.29, 0.717) is 6.10 Å². The smallest absolute Gasteiger partial charge is 0.190 e. The van der Waals surface area contributed by atoms with Crippen LogP contribution in [-0.4, -0.2) is 43.8 Å². The van der Waals surface area contributed by atoms with E-state index in [9.17, 15) is 0 Å². The second-order valence-electron chi connectivity index (χ2n) is 6.46. The van der Waals surface area contributed by atoms with Crippen molar-refractivity contribution in [1.82, 2.24) is 15.6 Å². The van der Waals surface area contributed by atoms with Gasteiger partial charge < -0.3 is 20.4 Å². The maximum atomic E-state index is 5.64. The number of nitrogens with one attached hydrogen (secondary N) is 3. The number of fused-ring (bicyclic) bond motifs is 1. The van der Waals surface area contributed by atoms with Crippen molar-refractivity contribution in [2.75, 3.05) is 26.7 Å². The van der Waals surface area contributed by atoms with Gasteiger partial charge in [0, 0.05) is 43.8 Å². The van der Waals surface area contributed by atoms with Gasteiger partial charge in [-0.05, 0) is 49.8 Å². The number of nitrogens with zero attached hydrogens (tertiary/aromatic N) is 1. The maximum Gasteiger partial charge on any atom is 0.190 e. The number of ether oxygens (including phenoxy) is 1. The van der Waals surface area contributed by atoms with Gasteiger partial charge in [-0.15, -0.1) is 0 Å². The van der Waals surface area contributed by atoms with Crippen molar-refractivity contribution >= 4 is 16.9 Å². The molecule has 5 nitrogen and oxygen atoms in total. The Morgan fingerprint density at radius 1 is 1.33 bits per heavy atom. The Hall–Kier alpha value is -2.01. The van der Waals surface area contributed by atoms with Crippen LogP contribution in [0.5, 0.6) is 0 Å². The number of guanidine groups is 1. The van der Waals surface area contributed by atoms with Crippen LogP contribution in [-0.2, 0) is 11.2 Å². The quantitative estimate of drug-likeness (QED) is 0.564. The molecule has 1 fully saturated rings. The third-order valence-corrected chi connectivity index (χ3v) is 4.62. The van der Waals surface area contributed by atoms with E-state index in [0.717, 1.165) is 38.5 Å². The third kappa shape index (κ3) is 4.29. The average Bonchev–Trinajstić information content (AvgIpc) is 3.23. The van der Waals surface area contributed by atoms with Gasteiger partial charge in [-0.25, -0.2) is 0 Å². The first-order valence-corrected chi connectivity index (χ1v) is 8.89. The molecule has 1 aromatic heterocycles. The van der Waals surface area contributed by atoms with Gasteiger partial charge >= 0.3 is 0 Å². The van der Waals surface area contributed by atoms with Crippen LogP contribution in [0.2, 0.25) is 0 Å². The molecule has 0 radical (unpaired) electrons. The Kier molecular flexibility index (Phi) is 5.75. The van der Waals surface area contributed by atoms with Gasteiger partial charge in [0.2, 0.25) is 0 Å². The van der Waals surface area contributed by atoms with E-state index in [1.54, 1.807) is 0 Å². The molecule has 2 heterocycles. The molecule has 1 aromatic carbocycles. The average molecular weight is 328 g/mol. The first-order valence-electron chi connectivity index (χ1n) is 8.89. The van der Waals surface area contributed by atoms with E-state index < -0.39 is 0 Å². The van der Waals surface area contributed by atoms with Gasteiger partial charge in [0.05, 0.1) is 6.10 Å². The van der Waals surface area contributed by atoms with Gasteiger partial charge in [0.15, 0.2) is 5.96 Å². The monoisotopic (exact) mass is 328 g/mol. The minimum Gasteiger partial charge on any atom is -0.378 e. The van der Waals surface area contributed by atoms with E-state index >= 15 is 0 Å². The highest BCUT2D eigenvalue weighted by Crippen LogP contribution is 2.19. The molecular formula is C19H28N4O. The summed E-state index contributed by atoms with van der Waals surface area (Å²) in [5, 5.41) is 8.07. The number of aromatic amines is 1. The van der Waals surface area contributed by atoms with Crippen molar-refractivity contribution in [3.8, 4) is 0 Å². The summed E-state index contributed by atoms with van der Waals surface area (Å²) < 4.78 is 5.64. The lowest BCUT2D eigenvalue weighted by molar-refractivity contribution is 0.105. The van der Waals surface area contributed by atoms with Gasteiger partial charge in [0.25, 0.3) is 0 Å². The topological polar surface area (TPSA) is 61.4 Å². The Labute approximate surface area is 143 Å². The molecule has 24 heavy (non-hydrogen) atoms. The summed E-state index contributed by atoms with van der Waals surface area (Å²) >= 11 is 0. The van der Waals surface area contributed by atoms with E-state index in [-0.39, 0.29) is 0 Å². The summed E-state index contributed by atoms with van der Waals surface area (Å²) in [6.45, 7) is 4.80. The Morgan fingerprint density at radius 3 is 3.00 bits per heavy atom. The summed E-state index contributed by atoms with van der Waals surface area (Å²) in [6, 6.07) is 6.56. The first-order chi connectivity index (χ1) is 11.8. The third-order valence-electron chi connectivity index (χ3n) is 4.62. The lowest BCUT2D eigenvalue weighted by Gasteiger charge is -2.14. The first kappa shape index (κ1) is 16.8. The van der Waals surface area contributed by atoms with Gasteiger partial charge in [-0.2, -0.15) is 0 Å². The highest BCUT2D eigenvalue weighted by Gasteiger charge is 2.14. The molecule has 0 spiro atoms. The zero-order valence-electron chi connectivity index (χ0n) is 14.7. The minimum atomic E-state index is 0.422. The molecule has 3 rings (SSSR count). The Morgan fingerprint density at radius 2 is 2.21 bits per heavy atom. The molecule has 0 bridgehead atoms. The molecular weight excluding hydrogens is 300 g/mol. The molecule has 1 atom stereocenters. The van der Waals surface area contributed by atoms with Gasteiger partial charge in [-0.3, -0.25) is 4.99 Å². The van der Waals surface area contributed by atoms with Crippen LogP contribution in [0.3, 0.4) is 0 Å². The molecule has 1 unspecified atom stereocenters. The fourth-order valence-corrected chi connectivity index (χ4v) is 3.27. The molecule has 3 N–H and O–H groups in total. The molecule has 0 saturated carbocycles. The summed E-state index contributed by atoms with van der Waals surface area (Å²) in [4.78, 5) is 7.65. The number of benzene rings is 1. The molecule has 2 aromatic rings. The van der Waals surface area contributed by atoms with Crippen molar-refractivity contribution in [2.24, 2.45) is 4.99 Å². The summed E-state index contributed by atoms with van der Waals surface area (Å²) in [5.74, 6) is 0.865. The van der Waals surface area contributed by atoms with Crippen molar-refractivity contribution in [2.45, 2.75) is 38.7 Å². The summed E-state index contributed by atoms with van der Waals surface area (Å²) in [6.07, 6.45) is 6.93. The number of hydrogen-bond donors (Lipinski definition) is 3. The molecule has 1 aliphatic rings. The van der Waals surface area contributed by atoms with Crippen LogP contribution in [0, 0.1) is 6.92 Å². The SMILES string of the molecule is CN=C(NCCc1c[nH]c2cc(C)ccc12)NCCC1CCCO1. The largest absolute Gasteiger partial charge is 0.378 e. The number of H-pyrrole nitrogens is 1. The number of aliphatic imine (C=N–C) groups is 1. The molecule has 0 amide bonds. The van der Waals surface area contributed by atoms with E-state index in [1.807, 2.05) is 7.05 Å². The van der Waals surface area contributed by atoms with E-state index in [4.69, 9.17) is 4.74 Å². The highest BCUT2D eigenvalue weighted by molar-refractivity contribution is 5.84. The highest BCUT2D eigenvalue weighted by atomic mass is 16.5. The number of rotatable bonds is 6. The lowest BCUT2D eigenvalue weighted by atomic mass is 10.1. The number of aryl methyl sites for hydroxylation is 1. The van der Waals surface area contributed by atoms with Crippen LogP contribution in [0.15, 0.2) is 29.4 Å². The fourth-order valence-electron chi connectivity index (χ4n) is 3.27. The zero-order chi connectivity index (χ0) is 16.8. The zero-order valence-corrected chi connectivity index (χ0v) is 14.7. The minimum absolute atomic E-state index is 0.422. The van der Waals surface area contributed by atoms with Crippen LogP contribution in [0.25, 0.3) is 10.9 Å². The molecule has 130 valence electrons. The normalized spacial score (nSPS) is 18.2. The van der Waals surface area contributed by atoms with Crippen LogP contribution in [0.1, 0.15) is 30.4 Å².